The van der Waals surface area contributed by atoms with Gasteiger partial charge in [0, 0.05) is 0 Å². The van der Waals surface area contributed by atoms with Crippen LogP contribution in [0, 0.1) is 6.08 Å². The highest BCUT2D eigenvalue weighted by atomic mass is 19.1. The highest BCUT2D eigenvalue weighted by molar-refractivity contribution is 5.77. The van der Waals surface area contributed by atoms with Gasteiger partial charge in [0.25, 0.3) is 0 Å². The van der Waals surface area contributed by atoms with Crippen molar-refractivity contribution < 1.29 is 9.37 Å². The smallest absolute Gasteiger partial charge is 0.380 e. The maximum atomic E-state index is 12.4. The summed E-state index contributed by atoms with van der Waals surface area (Å²) in [6.45, 7) is 0. The van der Waals surface area contributed by atoms with Gasteiger partial charge in [-0.1, -0.05) is 0 Å². The number of fused-ring (bicyclic) bond motifs is 1. The number of anilines is 1. The fourth-order valence-corrected chi connectivity index (χ4v) is 0.873. The minimum Gasteiger partial charge on any atom is -0.380 e. The number of nitrogens with zero attached hydrogens (tertiary/aromatic N) is 2. The number of H-pyrrole nitrogens is 2. The quantitative estimate of drug-likeness (QED) is 0.501. The number of aromatic amines is 2. The molecule has 2 aromatic heterocycles. The molecule has 0 aromatic carbocycles. The first-order valence-corrected chi connectivity index (χ1v) is 2.95. The minimum absolute atomic E-state index is 0.105. The van der Waals surface area contributed by atoms with Crippen molar-refractivity contribution in [1.29, 1.82) is 0 Å². The van der Waals surface area contributed by atoms with Crippen molar-refractivity contribution in [2.75, 3.05) is 5.73 Å². The van der Waals surface area contributed by atoms with E-state index in [2.05, 4.69) is 19.9 Å². The van der Waals surface area contributed by atoms with Gasteiger partial charge in [-0.3, -0.25) is 4.98 Å². The van der Waals surface area contributed by atoms with E-state index in [4.69, 9.17) is 5.73 Å². The number of nitrogen functional groups attached to an aromatic ring is 1. The average molecular weight is 154 g/mol. The zero-order valence-corrected chi connectivity index (χ0v) is 5.43. The molecule has 2 rings (SSSR count). The molecule has 0 aliphatic heterocycles. The van der Waals surface area contributed by atoms with Crippen molar-refractivity contribution in [2.24, 2.45) is 0 Å². The average Bonchev–Trinajstić information content (AvgIpc) is 2.34. The van der Waals surface area contributed by atoms with Crippen LogP contribution in [0.1, 0.15) is 0 Å². The minimum atomic E-state index is -0.828. The van der Waals surface area contributed by atoms with Gasteiger partial charge in [0.2, 0.25) is 5.52 Å². The van der Waals surface area contributed by atoms with Crippen molar-refractivity contribution in [3.05, 3.63) is 12.4 Å². The number of hydrogen-bond donors (Lipinski definition) is 2. The summed E-state index contributed by atoms with van der Waals surface area (Å²) in [5.41, 5.74) is 6.25. The predicted molar refractivity (Wildman–Crippen MR) is 34.8 cm³/mol. The van der Waals surface area contributed by atoms with Crippen molar-refractivity contribution >= 4 is 17.0 Å². The summed E-state index contributed by atoms with van der Waals surface area (Å²) in [6, 6.07) is 0. The Morgan fingerprint density at radius 3 is 3.18 bits per heavy atom. The Bertz CT molecular complexity index is 395. The topological polar surface area (TPSA) is 81.7 Å². The van der Waals surface area contributed by atoms with E-state index >= 15 is 0 Å². The molecule has 0 amide bonds. The highest BCUT2D eigenvalue weighted by Crippen LogP contribution is 2.08. The fraction of sp³-hybridized carbons (Fsp3) is 0. The number of rotatable bonds is 0. The number of nitrogens with two attached hydrogens (primary N) is 1. The third kappa shape index (κ3) is 0.794. The molecule has 0 saturated carbocycles. The zero-order valence-electron chi connectivity index (χ0n) is 5.43. The van der Waals surface area contributed by atoms with Gasteiger partial charge in [-0.25, -0.2) is 4.98 Å². The second kappa shape index (κ2) is 1.88. The third-order valence-electron chi connectivity index (χ3n) is 1.34. The van der Waals surface area contributed by atoms with Crippen LogP contribution in [0.4, 0.5) is 10.2 Å². The largest absolute Gasteiger partial charge is 0.386 e. The molecule has 0 aliphatic rings. The van der Waals surface area contributed by atoms with Gasteiger partial charge in [0.15, 0.2) is 12.1 Å². The molecule has 0 bridgehead atoms. The predicted octanol–water partition coefficient (Wildman–Crippen LogP) is -0.507. The Kier molecular flexibility index (Phi) is 1.03. The molecule has 0 spiro atoms. The summed E-state index contributed by atoms with van der Waals surface area (Å²) < 4.78 is 12.4. The zero-order chi connectivity index (χ0) is 7.84. The molecule has 0 radical (unpaired) electrons. The lowest BCUT2D eigenvalue weighted by Crippen LogP contribution is -2.03. The van der Waals surface area contributed by atoms with Crippen molar-refractivity contribution in [1.82, 2.24) is 15.0 Å². The monoisotopic (exact) mass is 154 g/mol. The Balaban J connectivity index is 2.91. The molecule has 2 aromatic rings. The summed E-state index contributed by atoms with van der Waals surface area (Å²) in [5.74, 6) is 0.105. The molecular weight excluding hydrogens is 149 g/mol. The molecule has 5 nitrogen and oxygen atoms in total. The van der Waals surface area contributed by atoms with Crippen LogP contribution in [-0.2, 0) is 0 Å². The Morgan fingerprint density at radius 1 is 1.55 bits per heavy atom. The van der Waals surface area contributed by atoms with Gasteiger partial charge >= 0.3 is 11.7 Å². The second-order valence-corrected chi connectivity index (χ2v) is 2.03. The number of halogens is 1. The van der Waals surface area contributed by atoms with Gasteiger partial charge in [-0.05, 0) is 4.98 Å². The number of nitrogens with one attached hydrogen (secondary N) is 2. The van der Waals surface area contributed by atoms with Crippen LogP contribution in [0.25, 0.3) is 11.2 Å². The van der Waals surface area contributed by atoms with Crippen LogP contribution in [0.2, 0.25) is 0 Å². The van der Waals surface area contributed by atoms with E-state index in [0.29, 0.717) is 11.2 Å². The van der Waals surface area contributed by atoms with Crippen molar-refractivity contribution in [2.45, 2.75) is 0 Å². The van der Waals surface area contributed by atoms with E-state index in [1.54, 1.807) is 0 Å². The lowest BCUT2D eigenvalue weighted by Gasteiger charge is -1.86. The first-order valence-electron chi connectivity index (χ1n) is 2.95. The lowest BCUT2D eigenvalue weighted by atomic mass is 10.5. The molecule has 2 heterocycles. The third-order valence-corrected chi connectivity index (χ3v) is 1.34. The van der Waals surface area contributed by atoms with Gasteiger partial charge in [0.05, 0.1) is 0 Å². The first kappa shape index (κ1) is 6.02. The number of imidazole rings is 1. The number of aromatic nitrogens is 4. The van der Waals surface area contributed by atoms with E-state index in [0.717, 1.165) is 0 Å². The van der Waals surface area contributed by atoms with E-state index in [1.165, 1.54) is 6.33 Å². The summed E-state index contributed by atoms with van der Waals surface area (Å²) in [5, 5.41) is 0. The maximum absolute atomic E-state index is 12.4. The van der Waals surface area contributed by atoms with Crippen LogP contribution in [0.5, 0.6) is 0 Å². The van der Waals surface area contributed by atoms with Gasteiger partial charge in [0.1, 0.15) is 0 Å². The van der Waals surface area contributed by atoms with Crippen LogP contribution < -0.4 is 10.7 Å². The number of hydrogen-bond acceptors (Lipinski definition) is 3. The van der Waals surface area contributed by atoms with Gasteiger partial charge in [-0.15, -0.1) is 4.39 Å². The Labute approximate surface area is 60.5 Å². The van der Waals surface area contributed by atoms with E-state index in [9.17, 15) is 4.39 Å². The second-order valence-electron chi connectivity index (χ2n) is 2.03. The molecule has 0 fully saturated rings. The molecule has 11 heavy (non-hydrogen) atoms. The maximum Gasteiger partial charge on any atom is 0.386 e. The van der Waals surface area contributed by atoms with E-state index in [-0.39, 0.29) is 5.82 Å². The highest BCUT2D eigenvalue weighted by Gasteiger charge is 2.11. The van der Waals surface area contributed by atoms with Gasteiger partial charge < -0.3 is 5.73 Å². The van der Waals surface area contributed by atoms with Crippen molar-refractivity contribution in [3.63, 3.8) is 0 Å². The summed E-state index contributed by atoms with van der Waals surface area (Å²) >= 11 is 0. The molecule has 0 aliphatic carbocycles. The van der Waals surface area contributed by atoms with Crippen LogP contribution >= 0.6 is 0 Å². The molecule has 6 heteroatoms. The van der Waals surface area contributed by atoms with Crippen LogP contribution in [-0.4, -0.2) is 15.0 Å². The Morgan fingerprint density at radius 2 is 2.36 bits per heavy atom. The first-order chi connectivity index (χ1) is 5.27. The van der Waals surface area contributed by atoms with E-state index < -0.39 is 6.08 Å². The molecular formula is C5H5FN5+. The SMILES string of the molecule is Nc1nc(F)nc2[nH+]c[nH]c12. The molecule has 4 N–H and O–H groups in total. The van der Waals surface area contributed by atoms with E-state index in [1.807, 2.05) is 0 Å². The van der Waals surface area contributed by atoms with Crippen molar-refractivity contribution in [3.8, 4) is 0 Å². The van der Waals surface area contributed by atoms with Crippen LogP contribution in [0.3, 0.4) is 0 Å². The lowest BCUT2D eigenvalue weighted by molar-refractivity contribution is -0.347. The summed E-state index contributed by atoms with van der Waals surface area (Å²) in [6.07, 6.45) is 0.681. The Hall–Kier alpha value is -1.72. The molecule has 56 valence electrons. The summed E-state index contributed by atoms with van der Waals surface area (Å²) in [4.78, 5) is 12.2. The molecule has 0 atom stereocenters. The molecule has 0 saturated heterocycles. The molecule has 0 unspecified atom stereocenters. The van der Waals surface area contributed by atoms with Gasteiger partial charge in [-0.2, -0.15) is 4.98 Å². The normalized spacial score (nSPS) is 10.6. The van der Waals surface area contributed by atoms with Crippen LogP contribution in [0.15, 0.2) is 6.33 Å². The fourth-order valence-electron chi connectivity index (χ4n) is 0.873. The standard InChI is InChI=1S/C5H4FN5/c6-5-10-3(7)2-4(11-5)9-1-8-2/h1H,(H3,7,8,9,10,11)/p+1. The summed E-state index contributed by atoms with van der Waals surface area (Å²) in [7, 11) is 0.